The van der Waals surface area contributed by atoms with Crippen LogP contribution in [0.15, 0.2) is 0 Å². The van der Waals surface area contributed by atoms with Crippen molar-refractivity contribution >= 4 is 11.8 Å². The summed E-state index contributed by atoms with van der Waals surface area (Å²) in [6.07, 6.45) is 1.10. The molecule has 0 heterocycles. The normalized spacial score (nSPS) is 14.0. The number of carbonyl (C=O) groups is 2. The van der Waals surface area contributed by atoms with Gasteiger partial charge in [0.05, 0.1) is 25.3 Å². The molecule has 0 aliphatic carbocycles. The maximum atomic E-state index is 11.3. The van der Waals surface area contributed by atoms with E-state index in [2.05, 4.69) is 10.6 Å². The van der Waals surface area contributed by atoms with Crippen molar-refractivity contribution in [3.8, 4) is 0 Å². The number of hydrogen-bond acceptors (Lipinski definition) is 4. The molecule has 94 valence electrons. The summed E-state index contributed by atoms with van der Waals surface area (Å²) in [7, 11) is 0. The van der Waals surface area contributed by atoms with Crippen LogP contribution >= 0.6 is 0 Å². The van der Waals surface area contributed by atoms with Crippen LogP contribution in [-0.4, -0.2) is 47.3 Å². The van der Waals surface area contributed by atoms with Crippen LogP contribution in [0.4, 0.5) is 0 Å². The van der Waals surface area contributed by atoms with Crippen LogP contribution in [0, 0.1) is 0 Å². The molecule has 0 radical (unpaired) electrons. The second kappa shape index (κ2) is 8.06. The molecule has 0 aliphatic heterocycles. The van der Waals surface area contributed by atoms with Gasteiger partial charge in [0.1, 0.15) is 0 Å². The monoisotopic (exact) mass is 232 g/mol. The number of carbonyl (C=O) groups excluding carboxylic acids is 2. The summed E-state index contributed by atoms with van der Waals surface area (Å²) in [5.41, 5.74) is 0. The van der Waals surface area contributed by atoms with E-state index in [1.54, 1.807) is 13.8 Å². The van der Waals surface area contributed by atoms with Crippen LogP contribution in [-0.2, 0) is 9.59 Å². The first-order chi connectivity index (χ1) is 7.58. The average molecular weight is 232 g/mol. The van der Waals surface area contributed by atoms with E-state index < -0.39 is 23.9 Å². The van der Waals surface area contributed by atoms with Crippen LogP contribution in [0.5, 0.6) is 0 Å². The third-order valence-electron chi connectivity index (χ3n) is 2.30. The summed E-state index contributed by atoms with van der Waals surface area (Å²) in [5.74, 6) is -1.57. The van der Waals surface area contributed by atoms with Crippen molar-refractivity contribution in [1.82, 2.24) is 10.6 Å². The first kappa shape index (κ1) is 14.9. The molecule has 6 heteroatoms. The first-order valence-electron chi connectivity index (χ1n) is 5.42. The predicted octanol–water partition coefficient (Wildman–Crippen LogP) is -1.24. The fourth-order valence-electron chi connectivity index (χ4n) is 1.06. The van der Waals surface area contributed by atoms with E-state index in [0.29, 0.717) is 12.8 Å². The number of rotatable bonds is 6. The molecule has 0 aromatic carbocycles. The van der Waals surface area contributed by atoms with Crippen molar-refractivity contribution in [2.45, 2.75) is 38.8 Å². The summed E-state index contributed by atoms with van der Waals surface area (Å²) < 4.78 is 0. The molecule has 2 amide bonds. The minimum Gasteiger partial charge on any atom is -0.394 e. The minimum absolute atomic E-state index is 0.202. The summed E-state index contributed by atoms with van der Waals surface area (Å²) in [6, 6.07) is -0.820. The van der Waals surface area contributed by atoms with Gasteiger partial charge in [-0.25, -0.2) is 0 Å². The molecule has 6 nitrogen and oxygen atoms in total. The van der Waals surface area contributed by atoms with E-state index in [4.69, 9.17) is 10.2 Å². The van der Waals surface area contributed by atoms with Crippen LogP contribution in [0.2, 0.25) is 0 Å². The molecule has 0 aromatic heterocycles. The zero-order valence-electron chi connectivity index (χ0n) is 9.69. The van der Waals surface area contributed by atoms with Crippen LogP contribution in [0.1, 0.15) is 26.7 Å². The third-order valence-corrected chi connectivity index (χ3v) is 2.30. The highest BCUT2D eigenvalue weighted by atomic mass is 16.3. The van der Waals surface area contributed by atoms with E-state index in [-0.39, 0.29) is 13.2 Å². The first-order valence-corrected chi connectivity index (χ1v) is 5.42. The molecule has 2 atom stereocenters. The Morgan fingerprint density at radius 2 is 1.25 bits per heavy atom. The Balaban J connectivity index is 4.12. The zero-order chi connectivity index (χ0) is 12.6. The van der Waals surface area contributed by atoms with Gasteiger partial charge in [-0.1, -0.05) is 13.8 Å². The fraction of sp³-hybridized carbons (Fsp3) is 0.800. The molecule has 0 aliphatic rings. The van der Waals surface area contributed by atoms with E-state index in [0.717, 1.165) is 0 Å². The van der Waals surface area contributed by atoms with Crippen molar-refractivity contribution in [2.24, 2.45) is 0 Å². The van der Waals surface area contributed by atoms with Crippen molar-refractivity contribution in [3.63, 3.8) is 0 Å². The van der Waals surface area contributed by atoms with Gasteiger partial charge >= 0.3 is 11.8 Å². The molecule has 0 saturated heterocycles. The molecule has 0 aromatic rings. The molecular weight excluding hydrogens is 212 g/mol. The van der Waals surface area contributed by atoms with Crippen LogP contribution in [0.3, 0.4) is 0 Å². The van der Waals surface area contributed by atoms with Gasteiger partial charge in [-0.05, 0) is 12.8 Å². The van der Waals surface area contributed by atoms with Gasteiger partial charge in [-0.3, -0.25) is 9.59 Å². The molecule has 0 bridgehead atoms. The highest BCUT2D eigenvalue weighted by Gasteiger charge is 2.19. The van der Waals surface area contributed by atoms with E-state index in [1.807, 2.05) is 0 Å². The van der Waals surface area contributed by atoms with Crippen molar-refractivity contribution < 1.29 is 19.8 Å². The fourth-order valence-corrected chi connectivity index (χ4v) is 1.06. The van der Waals surface area contributed by atoms with Crippen molar-refractivity contribution in [1.29, 1.82) is 0 Å². The summed E-state index contributed by atoms with van der Waals surface area (Å²) in [6.45, 7) is 3.18. The van der Waals surface area contributed by atoms with Gasteiger partial charge in [-0.15, -0.1) is 0 Å². The zero-order valence-corrected chi connectivity index (χ0v) is 9.69. The highest BCUT2D eigenvalue weighted by molar-refractivity contribution is 6.35. The van der Waals surface area contributed by atoms with Gasteiger partial charge in [0.2, 0.25) is 0 Å². The van der Waals surface area contributed by atoms with E-state index >= 15 is 0 Å². The van der Waals surface area contributed by atoms with Crippen molar-refractivity contribution in [3.05, 3.63) is 0 Å². The molecular formula is C10H20N2O4. The Morgan fingerprint density at radius 1 is 0.938 bits per heavy atom. The smallest absolute Gasteiger partial charge is 0.309 e. The minimum atomic E-state index is -0.784. The Labute approximate surface area is 95.0 Å². The number of nitrogens with one attached hydrogen (secondary N) is 2. The Hall–Kier alpha value is -1.14. The Morgan fingerprint density at radius 3 is 1.44 bits per heavy atom. The van der Waals surface area contributed by atoms with E-state index in [1.165, 1.54) is 0 Å². The lowest BCUT2D eigenvalue weighted by atomic mass is 10.2. The second-order valence-corrected chi connectivity index (χ2v) is 3.52. The lowest BCUT2D eigenvalue weighted by Crippen LogP contribution is -2.49. The molecule has 0 unspecified atom stereocenters. The van der Waals surface area contributed by atoms with Crippen LogP contribution in [0.25, 0.3) is 0 Å². The summed E-state index contributed by atoms with van der Waals surface area (Å²) >= 11 is 0. The highest BCUT2D eigenvalue weighted by Crippen LogP contribution is 1.91. The van der Waals surface area contributed by atoms with E-state index in [9.17, 15) is 9.59 Å². The Kier molecular flexibility index (Phi) is 7.49. The lowest BCUT2D eigenvalue weighted by molar-refractivity contribution is -0.140. The second-order valence-electron chi connectivity index (χ2n) is 3.52. The van der Waals surface area contributed by atoms with Gasteiger partial charge in [-0.2, -0.15) is 0 Å². The summed E-state index contributed by atoms with van der Waals surface area (Å²) in [5, 5.41) is 22.5. The molecule has 0 rings (SSSR count). The maximum absolute atomic E-state index is 11.3. The molecule has 0 fully saturated rings. The largest absolute Gasteiger partial charge is 0.394 e. The SMILES string of the molecule is CC[C@H](CO)NC(=O)C(=O)N[C@H](CC)CO. The number of amides is 2. The van der Waals surface area contributed by atoms with Gasteiger partial charge in [0.15, 0.2) is 0 Å². The third kappa shape index (κ3) is 5.09. The predicted molar refractivity (Wildman–Crippen MR) is 58.6 cm³/mol. The standard InChI is InChI=1S/C10H20N2O4/c1-3-7(5-13)11-9(15)10(16)12-8(4-2)6-14/h7-8,13-14H,3-6H2,1-2H3,(H,11,15)(H,12,16)/t7-,8-/m1/s1. The molecule has 4 N–H and O–H groups in total. The van der Waals surface area contributed by atoms with Gasteiger partial charge in [0, 0.05) is 0 Å². The van der Waals surface area contributed by atoms with Crippen molar-refractivity contribution in [2.75, 3.05) is 13.2 Å². The molecule has 0 saturated carbocycles. The quantitative estimate of drug-likeness (QED) is 0.430. The average Bonchev–Trinajstić information content (AvgIpc) is 2.32. The molecule has 16 heavy (non-hydrogen) atoms. The van der Waals surface area contributed by atoms with Gasteiger partial charge in [0.25, 0.3) is 0 Å². The van der Waals surface area contributed by atoms with Crippen LogP contribution < -0.4 is 10.6 Å². The number of aliphatic hydroxyl groups is 2. The lowest BCUT2D eigenvalue weighted by Gasteiger charge is -2.16. The molecule has 0 spiro atoms. The number of aliphatic hydroxyl groups excluding tert-OH is 2. The number of hydrogen-bond donors (Lipinski definition) is 4. The Bertz CT molecular complexity index is 201. The van der Waals surface area contributed by atoms with Gasteiger partial charge < -0.3 is 20.8 Å². The summed E-state index contributed by atoms with van der Waals surface area (Å²) in [4.78, 5) is 22.6. The topological polar surface area (TPSA) is 98.7 Å². The maximum Gasteiger partial charge on any atom is 0.309 e.